The van der Waals surface area contributed by atoms with Crippen LogP contribution in [0.15, 0.2) is 4.79 Å². The van der Waals surface area contributed by atoms with Crippen LogP contribution in [0, 0.1) is 5.92 Å². The summed E-state index contributed by atoms with van der Waals surface area (Å²) in [4.78, 5) is 37.1. The Labute approximate surface area is 199 Å². The molecule has 1 aliphatic carbocycles. The number of thioether (sulfide) groups is 1. The monoisotopic (exact) mass is 476 g/mol. The molecule has 1 aliphatic heterocycles. The van der Waals surface area contributed by atoms with Crippen LogP contribution >= 0.6 is 23.1 Å². The van der Waals surface area contributed by atoms with Crippen molar-refractivity contribution in [2.24, 2.45) is 5.92 Å². The van der Waals surface area contributed by atoms with Crippen molar-refractivity contribution in [3.8, 4) is 0 Å². The molecule has 0 saturated carbocycles. The fourth-order valence-corrected chi connectivity index (χ4v) is 6.76. The molecule has 6 nitrogen and oxygen atoms in total. The average Bonchev–Trinajstić information content (AvgIpc) is 3.16. The Kier molecular flexibility index (Phi) is 8.66. The summed E-state index contributed by atoms with van der Waals surface area (Å²) in [6.07, 6.45) is 9.79. The lowest BCUT2D eigenvalue weighted by atomic mass is 9.97. The highest BCUT2D eigenvalue weighted by atomic mass is 32.2. The van der Waals surface area contributed by atoms with Gasteiger partial charge >= 0.3 is 0 Å². The van der Waals surface area contributed by atoms with Crippen molar-refractivity contribution < 1.29 is 4.79 Å². The molecular formula is C24H36N4O2S2. The molecule has 3 heterocycles. The second kappa shape index (κ2) is 11.7. The van der Waals surface area contributed by atoms with E-state index < -0.39 is 0 Å². The second-order valence-electron chi connectivity index (χ2n) is 9.29. The third-order valence-electron chi connectivity index (χ3n) is 6.69. The minimum absolute atomic E-state index is 0.00167. The third-order valence-corrected chi connectivity index (χ3v) is 8.84. The highest BCUT2D eigenvalue weighted by Crippen LogP contribution is 2.33. The van der Waals surface area contributed by atoms with Gasteiger partial charge in [-0.05, 0) is 82.5 Å². The topological polar surface area (TPSA) is 78.1 Å². The Morgan fingerprint density at radius 3 is 2.91 bits per heavy atom. The van der Waals surface area contributed by atoms with Gasteiger partial charge in [0.1, 0.15) is 10.7 Å². The van der Waals surface area contributed by atoms with Gasteiger partial charge in [0.05, 0.1) is 11.1 Å². The molecule has 176 valence electrons. The van der Waals surface area contributed by atoms with Gasteiger partial charge in [0.25, 0.3) is 5.56 Å². The standard InChI is InChI=1S/C24H36N4O2S2/c1-17-8-13-28(14-9-17)12-5-4-11-25-21(29)10-15-31-16-20-26-23(30)22-18-6-2-3-7-19(18)32-24(22)27-20/h17H,2-16H2,1H3,(H,25,29)(H,26,27,30). The van der Waals surface area contributed by atoms with Crippen LogP contribution in [0.3, 0.4) is 0 Å². The van der Waals surface area contributed by atoms with Crippen LogP contribution in [0.25, 0.3) is 10.2 Å². The Hall–Kier alpha value is -1.38. The first-order valence-electron chi connectivity index (χ1n) is 12.2. The number of carbonyl (C=O) groups is 1. The molecule has 32 heavy (non-hydrogen) atoms. The number of piperidine rings is 1. The Bertz CT molecular complexity index is 963. The molecule has 0 radical (unpaired) electrons. The van der Waals surface area contributed by atoms with E-state index in [2.05, 4.69) is 22.1 Å². The van der Waals surface area contributed by atoms with Crippen molar-refractivity contribution >= 4 is 39.2 Å². The smallest absolute Gasteiger partial charge is 0.259 e. The number of hydrogen-bond acceptors (Lipinski definition) is 6. The van der Waals surface area contributed by atoms with Gasteiger partial charge < -0.3 is 15.2 Å². The number of thiophene rings is 1. The number of aromatic amines is 1. The SMILES string of the molecule is CC1CCN(CCCCNC(=O)CCSCc2nc3sc4c(c3c(=O)[nH]2)CCCC4)CC1. The van der Waals surface area contributed by atoms with Gasteiger partial charge in [-0.25, -0.2) is 4.98 Å². The molecule has 0 spiro atoms. The first-order valence-corrected chi connectivity index (χ1v) is 14.2. The van der Waals surface area contributed by atoms with Crippen LogP contribution in [0.4, 0.5) is 0 Å². The van der Waals surface area contributed by atoms with E-state index >= 15 is 0 Å². The van der Waals surface area contributed by atoms with Gasteiger partial charge in [0.15, 0.2) is 0 Å². The van der Waals surface area contributed by atoms with Crippen molar-refractivity contribution in [2.45, 2.75) is 70.5 Å². The third kappa shape index (κ3) is 6.35. The fourth-order valence-electron chi connectivity index (χ4n) is 4.67. The van der Waals surface area contributed by atoms with Gasteiger partial charge in [0, 0.05) is 23.6 Å². The van der Waals surface area contributed by atoms with E-state index in [1.165, 1.54) is 42.8 Å². The molecule has 0 unspecified atom stereocenters. The van der Waals surface area contributed by atoms with Gasteiger partial charge in [-0.15, -0.1) is 11.3 Å². The Morgan fingerprint density at radius 1 is 1.25 bits per heavy atom. The van der Waals surface area contributed by atoms with Gasteiger partial charge in [-0.3, -0.25) is 9.59 Å². The van der Waals surface area contributed by atoms with Crippen LogP contribution in [-0.4, -0.2) is 52.7 Å². The summed E-state index contributed by atoms with van der Waals surface area (Å²) in [6.45, 7) is 6.72. The number of nitrogens with one attached hydrogen (secondary N) is 2. The Balaban J connectivity index is 1.11. The predicted octanol–water partition coefficient (Wildman–Crippen LogP) is 4.12. The van der Waals surface area contributed by atoms with E-state index in [1.807, 2.05) is 0 Å². The van der Waals surface area contributed by atoms with Gasteiger partial charge in [-0.2, -0.15) is 11.8 Å². The zero-order chi connectivity index (χ0) is 22.3. The number of nitrogens with zero attached hydrogens (tertiary/aromatic N) is 2. The van der Waals surface area contributed by atoms with E-state index in [4.69, 9.17) is 4.98 Å². The van der Waals surface area contributed by atoms with Crippen LogP contribution in [0.5, 0.6) is 0 Å². The maximum absolute atomic E-state index is 12.6. The molecule has 1 amide bonds. The van der Waals surface area contributed by atoms with E-state index in [-0.39, 0.29) is 11.5 Å². The number of amides is 1. The van der Waals surface area contributed by atoms with E-state index in [1.54, 1.807) is 23.1 Å². The summed E-state index contributed by atoms with van der Waals surface area (Å²) < 4.78 is 0. The highest BCUT2D eigenvalue weighted by molar-refractivity contribution is 7.98. The number of aryl methyl sites for hydroxylation is 2. The molecule has 1 fully saturated rings. The summed E-state index contributed by atoms with van der Waals surface area (Å²) in [5, 5.41) is 3.86. The quantitative estimate of drug-likeness (QED) is 0.505. The minimum Gasteiger partial charge on any atom is -0.356 e. The molecule has 0 atom stereocenters. The molecule has 4 rings (SSSR count). The fraction of sp³-hybridized carbons (Fsp3) is 0.708. The normalized spacial score (nSPS) is 17.5. The lowest BCUT2D eigenvalue weighted by Gasteiger charge is -2.30. The molecule has 0 bridgehead atoms. The van der Waals surface area contributed by atoms with Crippen LogP contribution < -0.4 is 10.9 Å². The predicted molar refractivity (Wildman–Crippen MR) is 135 cm³/mol. The number of fused-ring (bicyclic) bond motifs is 3. The molecule has 0 aromatic carbocycles. The molecule has 8 heteroatoms. The molecular weight excluding hydrogens is 440 g/mol. The lowest BCUT2D eigenvalue weighted by molar-refractivity contribution is -0.120. The van der Waals surface area contributed by atoms with E-state index in [0.717, 1.165) is 72.9 Å². The van der Waals surface area contributed by atoms with Crippen molar-refractivity contribution in [1.29, 1.82) is 0 Å². The van der Waals surface area contributed by atoms with Gasteiger partial charge in [0.2, 0.25) is 5.91 Å². The first kappa shape index (κ1) is 23.8. The van der Waals surface area contributed by atoms with Crippen LogP contribution in [-0.2, 0) is 23.4 Å². The van der Waals surface area contributed by atoms with E-state index in [9.17, 15) is 9.59 Å². The lowest BCUT2D eigenvalue weighted by Crippen LogP contribution is -2.34. The second-order valence-corrected chi connectivity index (χ2v) is 11.5. The number of rotatable bonds is 10. The zero-order valence-electron chi connectivity index (χ0n) is 19.2. The van der Waals surface area contributed by atoms with E-state index in [0.29, 0.717) is 12.2 Å². The summed E-state index contributed by atoms with van der Waals surface area (Å²) in [5.74, 6) is 3.09. The Morgan fingerprint density at radius 2 is 2.06 bits per heavy atom. The molecule has 2 aromatic heterocycles. The zero-order valence-corrected chi connectivity index (χ0v) is 20.8. The number of unbranched alkanes of at least 4 members (excludes halogenated alkanes) is 1. The van der Waals surface area contributed by atoms with Crippen molar-refractivity contribution in [3.05, 3.63) is 26.6 Å². The summed E-state index contributed by atoms with van der Waals surface area (Å²) in [7, 11) is 0. The summed E-state index contributed by atoms with van der Waals surface area (Å²) in [5.41, 5.74) is 1.23. The highest BCUT2D eigenvalue weighted by Gasteiger charge is 2.19. The number of carbonyl (C=O) groups excluding carboxylic acids is 1. The molecule has 2 aliphatic rings. The molecule has 1 saturated heterocycles. The van der Waals surface area contributed by atoms with Crippen LogP contribution in [0.1, 0.15) is 68.1 Å². The first-order chi connectivity index (χ1) is 15.6. The van der Waals surface area contributed by atoms with Crippen LogP contribution in [0.2, 0.25) is 0 Å². The molecule has 2 aromatic rings. The average molecular weight is 477 g/mol. The van der Waals surface area contributed by atoms with Crippen molar-refractivity contribution in [2.75, 3.05) is 31.9 Å². The minimum atomic E-state index is 0.00167. The summed E-state index contributed by atoms with van der Waals surface area (Å²) >= 11 is 3.34. The van der Waals surface area contributed by atoms with Crippen molar-refractivity contribution in [1.82, 2.24) is 20.2 Å². The largest absolute Gasteiger partial charge is 0.356 e. The number of hydrogen-bond donors (Lipinski definition) is 2. The summed E-state index contributed by atoms with van der Waals surface area (Å²) in [6, 6.07) is 0. The number of H-pyrrole nitrogens is 1. The maximum atomic E-state index is 12.6. The maximum Gasteiger partial charge on any atom is 0.259 e. The number of likely N-dealkylation sites (tertiary alicyclic amines) is 1. The van der Waals surface area contributed by atoms with Crippen molar-refractivity contribution in [3.63, 3.8) is 0 Å². The number of aromatic nitrogens is 2. The molecule has 2 N–H and O–H groups in total. The van der Waals surface area contributed by atoms with Gasteiger partial charge in [-0.1, -0.05) is 6.92 Å².